The number of carbonyl (C=O) groups excluding carboxylic acids is 1. The van der Waals surface area contributed by atoms with Crippen LogP contribution in [0.5, 0.6) is 0 Å². The van der Waals surface area contributed by atoms with E-state index in [1.165, 1.54) is 0 Å². The van der Waals surface area contributed by atoms with Crippen molar-refractivity contribution in [3.8, 4) is 0 Å². The summed E-state index contributed by atoms with van der Waals surface area (Å²) in [6, 6.07) is 3.71. The fraction of sp³-hybridized carbons (Fsp3) is 0.400. The molecule has 2 heterocycles. The average molecular weight is 290 g/mol. The van der Waals surface area contributed by atoms with Crippen LogP contribution in [0.3, 0.4) is 0 Å². The van der Waals surface area contributed by atoms with Gasteiger partial charge in [0.15, 0.2) is 0 Å². The van der Waals surface area contributed by atoms with Crippen molar-refractivity contribution in [2.75, 3.05) is 17.3 Å². The summed E-state index contributed by atoms with van der Waals surface area (Å²) in [5, 5.41) is 0. The van der Waals surface area contributed by atoms with E-state index in [-0.39, 0.29) is 11.8 Å². The average Bonchev–Trinajstić information content (AvgIpc) is 2.61. The van der Waals surface area contributed by atoms with Crippen LogP contribution < -0.4 is 4.90 Å². The van der Waals surface area contributed by atoms with Gasteiger partial charge in [0.25, 0.3) is 0 Å². The van der Waals surface area contributed by atoms with Crippen molar-refractivity contribution in [1.82, 2.24) is 4.98 Å². The van der Waals surface area contributed by atoms with Gasteiger partial charge in [-0.2, -0.15) is 0 Å². The van der Waals surface area contributed by atoms with Gasteiger partial charge in [0.1, 0.15) is 5.82 Å². The van der Waals surface area contributed by atoms with E-state index in [2.05, 4.69) is 20.9 Å². The first-order chi connectivity index (χ1) is 7.20. The van der Waals surface area contributed by atoms with Gasteiger partial charge in [0.2, 0.25) is 5.91 Å². The van der Waals surface area contributed by atoms with E-state index in [4.69, 9.17) is 11.6 Å². The van der Waals surface area contributed by atoms with Crippen molar-refractivity contribution < 1.29 is 4.79 Å². The second kappa shape index (κ2) is 4.49. The molecule has 1 aliphatic heterocycles. The van der Waals surface area contributed by atoms with Crippen molar-refractivity contribution >= 4 is 39.3 Å². The lowest BCUT2D eigenvalue weighted by Crippen LogP contribution is -2.25. The third-order valence-corrected chi connectivity index (χ3v) is 3.32. The maximum Gasteiger partial charge on any atom is 0.228 e. The first-order valence-electron chi connectivity index (χ1n) is 4.68. The highest BCUT2D eigenvalue weighted by Crippen LogP contribution is 2.24. The molecule has 80 valence electrons. The van der Waals surface area contributed by atoms with Crippen molar-refractivity contribution in [3.63, 3.8) is 0 Å². The molecule has 1 aromatic rings. The summed E-state index contributed by atoms with van der Waals surface area (Å²) in [6.45, 7) is 0.678. The van der Waals surface area contributed by atoms with Crippen LogP contribution in [-0.2, 0) is 4.79 Å². The Morgan fingerprint density at radius 1 is 1.60 bits per heavy atom. The second-order valence-electron chi connectivity index (χ2n) is 3.56. The number of amides is 1. The standard InChI is InChI=1S/C10H10BrClN2O/c11-8-1-2-9(13-5-8)14-6-7(4-12)3-10(14)15/h1-2,5,7H,3-4,6H2. The normalized spacial score (nSPS) is 21.1. The fourth-order valence-corrected chi connectivity index (χ4v) is 2.08. The monoisotopic (exact) mass is 288 g/mol. The van der Waals surface area contributed by atoms with Crippen LogP contribution >= 0.6 is 27.5 Å². The molecule has 1 aromatic heterocycles. The Morgan fingerprint density at radius 3 is 2.93 bits per heavy atom. The number of alkyl halides is 1. The number of nitrogens with zero attached hydrogens (tertiary/aromatic N) is 2. The van der Waals surface area contributed by atoms with Gasteiger partial charge in [-0.15, -0.1) is 11.6 Å². The number of anilines is 1. The van der Waals surface area contributed by atoms with Gasteiger partial charge in [0.05, 0.1) is 0 Å². The highest BCUT2D eigenvalue weighted by Gasteiger charge is 2.30. The number of hydrogen-bond acceptors (Lipinski definition) is 2. The highest BCUT2D eigenvalue weighted by molar-refractivity contribution is 9.10. The quantitative estimate of drug-likeness (QED) is 0.784. The Labute approximate surface area is 102 Å². The minimum Gasteiger partial charge on any atom is -0.296 e. The van der Waals surface area contributed by atoms with E-state index in [9.17, 15) is 4.79 Å². The summed E-state index contributed by atoms with van der Waals surface area (Å²) in [7, 11) is 0. The van der Waals surface area contributed by atoms with E-state index in [0.29, 0.717) is 24.7 Å². The predicted molar refractivity (Wildman–Crippen MR) is 63.1 cm³/mol. The molecule has 1 amide bonds. The summed E-state index contributed by atoms with van der Waals surface area (Å²) in [5.74, 6) is 1.59. The molecule has 0 saturated carbocycles. The molecule has 5 heteroatoms. The topological polar surface area (TPSA) is 33.2 Å². The summed E-state index contributed by atoms with van der Waals surface area (Å²) in [5.41, 5.74) is 0. The van der Waals surface area contributed by atoms with Gasteiger partial charge < -0.3 is 0 Å². The third-order valence-electron chi connectivity index (χ3n) is 2.41. The second-order valence-corrected chi connectivity index (χ2v) is 4.79. The largest absolute Gasteiger partial charge is 0.296 e. The maximum absolute atomic E-state index is 11.6. The highest BCUT2D eigenvalue weighted by atomic mass is 79.9. The Hall–Kier alpha value is -0.610. The molecule has 0 aliphatic carbocycles. The zero-order valence-corrected chi connectivity index (χ0v) is 10.3. The Morgan fingerprint density at radius 2 is 2.40 bits per heavy atom. The zero-order valence-electron chi connectivity index (χ0n) is 7.99. The van der Waals surface area contributed by atoms with Crippen LogP contribution in [0.4, 0.5) is 5.82 Å². The van der Waals surface area contributed by atoms with Gasteiger partial charge in [-0.3, -0.25) is 9.69 Å². The van der Waals surface area contributed by atoms with Gasteiger partial charge in [-0.25, -0.2) is 4.98 Å². The molecular weight excluding hydrogens is 279 g/mol. The van der Waals surface area contributed by atoms with Crippen LogP contribution in [0.15, 0.2) is 22.8 Å². The number of carbonyl (C=O) groups is 1. The van der Waals surface area contributed by atoms with Gasteiger partial charge in [-0.05, 0) is 34.0 Å². The minimum absolute atomic E-state index is 0.107. The van der Waals surface area contributed by atoms with Crippen LogP contribution in [0.1, 0.15) is 6.42 Å². The molecule has 0 aromatic carbocycles. The van der Waals surface area contributed by atoms with Crippen LogP contribution in [0.25, 0.3) is 0 Å². The molecule has 0 N–H and O–H groups in total. The van der Waals surface area contributed by atoms with Crippen molar-refractivity contribution in [1.29, 1.82) is 0 Å². The Kier molecular flexibility index (Phi) is 3.26. The smallest absolute Gasteiger partial charge is 0.228 e. The SMILES string of the molecule is O=C1CC(CCl)CN1c1ccc(Br)cn1. The number of halogens is 2. The van der Waals surface area contributed by atoms with Crippen molar-refractivity contribution in [2.24, 2.45) is 5.92 Å². The molecule has 1 unspecified atom stereocenters. The molecule has 0 radical (unpaired) electrons. The van der Waals surface area contributed by atoms with Gasteiger partial charge in [0, 0.05) is 29.5 Å². The van der Waals surface area contributed by atoms with E-state index >= 15 is 0 Å². The minimum atomic E-state index is 0.107. The summed E-state index contributed by atoms with van der Waals surface area (Å²) < 4.78 is 0.909. The lowest BCUT2D eigenvalue weighted by atomic mass is 10.1. The van der Waals surface area contributed by atoms with E-state index < -0.39 is 0 Å². The lowest BCUT2D eigenvalue weighted by Gasteiger charge is -2.14. The maximum atomic E-state index is 11.6. The molecule has 1 fully saturated rings. The number of aromatic nitrogens is 1. The molecule has 1 atom stereocenters. The molecule has 1 saturated heterocycles. The third kappa shape index (κ3) is 2.32. The molecule has 2 rings (SSSR count). The predicted octanol–water partition coefficient (Wildman–Crippen LogP) is 2.44. The van der Waals surface area contributed by atoms with Crippen LogP contribution in [0, 0.1) is 5.92 Å². The molecule has 0 bridgehead atoms. The number of rotatable bonds is 2. The van der Waals surface area contributed by atoms with E-state index in [0.717, 1.165) is 4.47 Å². The van der Waals surface area contributed by atoms with E-state index in [1.807, 2.05) is 12.1 Å². The Bertz CT molecular complexity index is 368. The summed E-state index contributed by atoms with van der Waals surface area (Å²) in [4.78, 5) is 17.5. The first kappa shape index (κ1) is 10.9. The fourth-order valence-electron chi connectivity index (χ4n) is 1.63. The van der Waals surface area contributed by atoms with Crippen molar-refractivity contribution in [2.45, 2.75) is 6.42 Å². The molecule has 3 nitrogen and oxygen atoms in total. The lowest BCUT2D eigenvalue weighted by molar-refractivity contribution is -0.117. The Balaban J connectivity index is 2.18. The molecule has 1 aliphatic rings. The van der Waals surface area contributed by atoms with Crippen LogP contribution in [0.2, 0.25) is 0 Å². The number of hydrogen-bond donors (Lipinski definition) is 0. The van der Waals surface area contributed by atoms with E-state index in [1.54, 1.807) is 11.1 Å². The van der Waals surface area contributed by atoms with Gasteiger partial charge >= 0.3 is 0 Å². The molecular formula is C10H10BrClN2O. The van der Waals surface area contributed by atoms with Crippen molar-refractivity contribution in [3.05, 3.63) is 22.8 Å². The number of pyridine rings is 1. The van der Waals surface area contributed by atoms with Gasteiger partial charge in [-0.1, -0.05) is 0 Å². The zero-order chi connectivity index (χ0) is 10.8. The van der Waals surface area contributed by atoms with Crippen LogP contribution in [-0.4, -0.2) is 23.3 Å². The summed E-state index contributed by atoms with van der Waals surface area (Å²) in [6.07, 6.45) is 2.22. The summed E-state index contributed by atoms with van der Waals surface area (Å²) >= 11 is 9.05. The molecule has 0 spiro atoms. The molecule has 15 heavy (non-hydrogen) atoms. The first-order valence-corrected chi connectivity index (χ1v) is 6.01.